The molecule has 2 saturated heterocycles. The van der Waals surface area contributed by atoms with E-state index in [1.54, 1.807) is 17.3 Å². The number of aromatic amines is 1. The van der Waals surface area contributed by atoms with Crippen molar-refractivity contribution in [2.75, 3.05) is 18.9 Å². The number of carbonyl (C=O) groups excluding carboxylic acids is 2. The van der Waals surface area contributed by atoms with E-state index in [1.807, 2.05) is 0 Å². The minimum atomic E-state index is -0.675. The largest absolute Gasteiger partial charge is 0.327 e. The maximum atomic E-state index is 13.6. The van der Waals surface area contributed by atoms with E-state index in [1.165, 1.54) is 6.20 Å². The number of likely N-dealkylation sites (tertiary alicyclic amines) is 2. The minimum absolute atomic E-state index is 0.0644. The molecule has 2 N–H and O–H groups in total. The van der Waals surface area contributed by atoms with Gasteiger partial charge in [-0.3, -0.25) is 29.3 Å². The molecule has 0 bridgehead atoms. The van der Waals surface area contributed by atoms with Crippen LogP contribution in [0.15, 0.2) is 43.0 Å². The highest BCUT2D eigenvalue weighted by Gasteiger charge is 2.44. The fourth-order valence-corrected chi connectivity index (χ4v) is 6.94. The molecular weight excluding hydrogens is 516 g/mol. The Morgan fingerprint density at radius 2 is 1.78 bits per heavy atom. The molecule has 1 aromatic carbocycles. The number of pyridine rings is 1. The minimum Gasteiger partial charge on any atom is -0.327 e. The molecular formula is C31H40N8O2. The second kappa shape index (κ2) is 9.94. The van der Waals surface area contributed by atoms with E-state index >= 15 is 0 Å². The summed E-state index contributed by atoms with van der Waals surface area (Å²) in [5.74, 6) is -0.912. The molecule has 4 aromatic rings. The SMILES string of the molecule is C[C@H]1CC[C@H](c2ccc3cn(C4CC(C)(C)N(C)C(C)(C)C4)nc3c2)N(C(=O)C(=O)Nc2cncc3cn[nH]c23)C1. The number of carbonyl (C=O) groups is 2. The van der Waals surface area contributed by atoms with Crippen LogP contribution in [0.4, 0.5) is 5.69 Å². The van der Waals surface area contributed by atoms with Crippen LogP contribution < -0.4 is 5.32 Å². The molecule has 2 amide bonds. The summed E-state index contributed by atoms with van der Waals surface area (Å²) in [6.45, 7) is 11.9. The maximum absolute atomic E-state index is 13.6. The van der Waals surface area contributed by atoms with Gasteiger partial charge >= 0.3 is 11.8 Å². The number of nitrogens with zero attached hydrogens (tertiary/aromatic N) is 6. The second-order valence-electron chi connectivity index (χ2n) is 13.3. The number of hydrogen-bond donors (Lipinski definition) is 2. The predicted octanol–water partition coefficient (Wildman–Crippen LogP) is 5.07. The van der Waals surface area contributed by atoms with Crippen LogP contribution in [0.3, 0.4) is 0 Å². The molecule has 216 valence electrons. The smallest absolute Gasteiger partial charge is 0.314 e. The first-order chi connectivity index (χ1) is 19.4. The molecule has 2 atom stereocenters. The van der Waals surface area contributed by atoms with Crippen molar-refractivity contribution in [1.82, 2.24) is 34.8 Å². The van der Waals surface area contributed by atoms with Crippen molar-refractivity contribution < 1.29 is 9.59 Å². The zero-order valence-corrected chi connectivity index (χ0v) is 24.8. The summed E-state index contributed by atoms with van der Waals surface area (Å²) in [5.41, 5.74) is 3.14. The number of rotatable bonds is 3. The number of nitrogens with one attached hydrogen (secondary N) is 2. The first-order valence-electron chi connectivity index (χ1n) is 14.5. The number of anilines is 1. The standard InChI is InChI=1S/C31H40N8O2/c1-19-7-10-26(38(17-19)29(41)28(40)34-25-16-32-14-22-15-33-35-27(22)25)20-8-9-21-18-39(36-24(21)11-20)23-12-30(2,3)37(6)31(4,5)13-23/h8-9,11,14-16,18-19,23,26H,7,10,12-13,17H2,1-6H3,(H,33,35)(H,34,40)/t19-,26+/m0/s1. The quantitative estimate of drug-likeness (QED) is 0.341. The van der Waals surface area contributed by atoms with E-state index in [2.05, 4.69) is 96.1 Å². The molecule has 5 heterocycles. The van der Waals surface area contributed by atoms with Crippen LogP contribution in [-0.2, 0) is 9.59 Å². The first kappa shape index (κ1) is 27.4. The van der Waals surface area contributed by atoms with Gasteiger partial charge in [-0.2, -0.15) is 10.2 Å². The number of aromatic nitrogens is 5. The van der Waals surface area contributed by atoms with Crippen LogP contribution in [-0.4, -0.2) is 71.2 Å². The van der Waals surface area contributed by atoms with Crippen LogP contribution in [0.2, 0.25) is 0 Å². The van der Waals surface area contributed by atoms with E-state index in [0.717, 1.165) is 47.5 Å². The van der Waals surface area contributed by atoms with E-state index < -0.39 is 11.8 Å². The predicted molar refractivity (Wildman–Crippen MR) is 159 cm³/mol. The van der Waals surface area contributed by atoms with Gasteiger partial charge in [0.2, 0.25) is 0 Å². The van der Waals surface area contributed by atoms with Crippen molar-refractivity contribution >= 4 is 39.3 Å². The van der Waals surface area contributed by atoms with Crippen LogP contribution in [0.25, 0.3) is 21.8 Å². The number of hydrogen-bond acceptors (Lipinski definition) is 6. The normalized spacial score (nSPS) is 23.2. The van der Waals surface area contributed by atoms with Gasteiger partial charge in [-0.05, 0) is 78.0 Å². The third-order valence-electron chi connectivity index (χ3n) is 9.47. The van der Waals surface area contributed by atoms with Gasteiger partial charge in [0.05, 0.1) is 41.2 Å². The first-order valence-corrected chi connectivity index (χ1v) is 14.5. The molecule has 6 rings (SSSR count). The fourth-order valence-electron chi connectivity index (χ4n) is 6.94. The van der Waals surface area contributed by atoms with Gasteiger partial charge in [-0.25, -0.2) is 0 Å². The molecule has 2 aliphatic rings. The van der Waals surface area contributed by atoms with Crippen LogP contribution in [0, 0.1) is 5.92 Å². The Labute approximate surface area is 240 Å². The van der Waals surface area contributed by atoms with Crippen molar-refractivity contribution in [1.29, 1.82) is 0 Å². The summed E-state index contributed by atoms with van der Waals surface area (Å²) >= 11 is 0. The molecule has 10 heteroatoms. The third kappa shape index (κ3) is 4.98. The highest BCUT2D eigenvalue weighted by atomic mass is 16.2. The number of piperidine rings is 2. The van der Waals surface area contributed by atoms with Gasteiger partial charge in [0, 0.05) is 40.8 Å². The van der Waals surface area contributed by atoms with Crippen LogP contribution >= 0.6 is 0 Å². The highest BCUT2D eigenvalue weighted by Crippen LogP contribution is 2.42. The Hall–Kier alpha value is -3.79. The van der Waals surface area contributed by atoms with Crippen molar-refractivity contribution in [2.45, 2.75) is 83.5 Å². The summed E-state index contributed by atoms with van der Waals surface area (Å²) in [5, 5.41) is 16.5. The second-order valence-corrected chi connectivity index (χ2v) is 13.3. The molecule has 2 fully saturated rings. The lowest BCUT2D eigenvalue weighted by molar-refractivity contribution is -0.146. The molecule has 0 saturated carbocycles. The van der Waals surface area contributed by atoms with Crippen molar-refractivity contribution in [3.8, 4) is 0 Å². The zero-order chi connectivity index (χ0) is 29.1. The Morgan fingerprint density at radius 1 is 1.02 bits per heavy atom. The Morgan fingerprint density at radius 3 is 2.54 bits per heavy atom. The number of amides is 2. The monoisotopic (exact) mass is 556 g/mol. The summed E-state index contributed by atoms with van der Waals surface area (Å²) in [7, 11) is 2.22. The van der Waals surface area contributed by atoms with Crippen LogP contribution in [0.5, 0.6) is 0 Å². The van der Waals surface area contributed by atoms with Gasteiger partial charge in [0.15, 0.2) is 0 Å². The van der Waals surface area contributed by atoms with Gasteiger partial charge in [-0.15, -0.1) is 0 Å². The molecule has 10 nitrogen and oxygen atoms in total. The van der Waals surface area contributed by atoms with Crippen molar-refractivity contribution in [3.63, 3.8) is 0 Å². The lowest BCUT2D eigenvalue weighted by Gasteiger charge is -2.53. The van der Waals surface area contributed by atoms with E-state index in [0.29, 0.717) is 29.7 Å². The summed E-state index contributed by atoms with van der Waals surface area (Å²) in [4.78, 5) is 35.1. The zero-order valence-electron chi connectivity index (χ0n) is 24.8. The fraction of sp³-hybridized carbons (Fsp3) is 0.516. The molecule has 0 spiro atoms. The van der Waals surface area contributed by atoms with E-state index in [-0.39, 0.29) is 17.1 Å². The van der Waals surface area contributed by atoms with Gasteiger partial charge < -0.3 is 10.2 Å². The summed E-state index contributed by atoms with van der Waals surface area (Å²) in [6.07, 6.45) is 10.8. The number of H-pyrrole nitrogens is 1. The third-order valence-corrected chi connectivity index (χ3v) is 9.47. The lowest BCUT2D eigenvalue weighted by atomic mass is 9.77. The Bertz CT molecular complexity index is 1600. The Balaban J connectivity index is 1.25. The average Bonchev–Trinajstić information content (AvgIpc) is 3.58. The highest BCUT2D eigenvalue weighted by molar-refractivity contribution is 6.40. The molecule has 0 aliphatic carbocycles. The molecule has 2 aliphatic heterocycles. The lowest BCUT2D eigenvalue weighted by Crippen LogP contribution is -2.58. The molecule has 0 unspecified atom stereocenters. The molecule has 41 heavy (non-hydrogen) atoms. The van der Waals surface area contributed by atoms with Gasteiger partial charge in [-0.1, -0.05) is 19.1 Å². The average molecular weight is 557 g/mol. The van der Waals surface area contributed by atoms with Crippen LogP contribution in [0.1, 0.15) is 77.9 Å². The number of benzene rings is 1. The molecule has 0 radical (unpaired) electrons. The topological polar surface area (TPSA) is 112 Å². The van der Waals surface area contributed by atoms with Crippen molar-refractivity contribution in [2.24, 2.45) is 5.92 Å². The summed E-state index contributed by atoms with van der Waals surface area (Å²) < 4.78 is 2.15. The van der Waals surface area contributed by atoms with E-state index in [4.69, 9.17) is 5.10 Å². The molecule has 3 aromatic heterocycles. The maximum Gasteiger partial charge on any atom is 0.314 e. The summed E-state index contributed by atoms with van der Waals surface area (Å²) in [6, 6.07) is 6.40. The Kier molecular flexibility index (Phi) is 6.64. The van der Waals surface area contributed by atoms with Crippen molar-refractivity contribution in [3.05, 3.63) is 48.5 Å². The van der Waals surface area contributed by atoms with Gasteiger partial charge in [0.1, 0.15) is 0 Å². The van der Waals surface area contributed by atoms with Gasteiger partial charge in [0.25, 0.3) is 0 Å². The number of fused-ring (bicyclic) bond motifs is 2. The van der Waals surface area contributed by atoms with E-state index in [9.17, 15) is 9.59 Å².